The minimum atomic E-state index is -3.52. The van der Waals surface area contributed by atoms with Crippen LogP contribution in [0.3, 0.4) is 0 Å². The summed E-state index contributed by atoms with van der Waals surface area (Å²) in [7, 11) is -3.52. The summed E-state index contributed by atoms with van der Waals surface area (Å²) >= 11 is 0. The lowest BCUT2D eigenvalue weighted by atomic mass is 10.00. The summed E-state index contributed by atoms with van der Waals surface area (Å²) in [5.41, 5.74) is 3.70. The van der Waals surface area contributed by atoms with Crippen molar-refractivity contribution in [3.05, 3.63) is 59.2 Å². The van der Waals surface area contributed by atoms with Crippen LogP contribution >= 0.6 is 0 Å². The fourth-order valence-corrected chi connectivity index (χ4v) is 4.49. The van der Waals surface area contributed by atoms with Gasteiger partial charge in [0.05, 0.1) is 24.0 Å². The molecule has 0 aliphatic carbocycles. The van der Waals surface area contributed by atoms with E-state index < -0.39 is 16.1 Å². The quantitative estimate of drug-likeness (QED) is 0.834. The van der Waals surface area contributed by atoms with Crippen molar-refractivity contribution in [2.75, 3.05) is 16.6 Å². The molecule has 0 aromatic heterocycles. The maximum absolute atomic E-state index is 12.9. The molecular weight excluding hydrogens is 376 g/mol. The predicted molar refractivity (Wildman–Crippen MR) is 110 cm³/mol. The SMILES string of the molecule is CCS(=O)(=O)N1CC(C(=O)NC(C)c2cc(C)ccc2C)Oc2ccccc21. The van der Waals surface area contributed by atoms with Crippen LogP contribution in [-0.2, 0) is 14.8 Å². The molecule has 2 unspecified atom stereocenters. The number of amides is 1. The number of rotatable bonds is 5. The van der Waals surface area contributed by atoms with Crippen LogP contribution in [0.25, 0.3) is 0 Å². The molecule has 2 aromatic rings. The topological polar surface area (TPSA) is 75.7 Å². The first-order valence-corrected chi connectivity index (χ1v) is 11.0. The summed E-state index contributed by atoms with van der Waals surface area (Å²) in [6, 6.07) is 12.8. The zero-order valence-corrected chi connectivity index (χ0v) is 17.4. The van der Waals surface area contributed by atoms with Crippen molar-refractivity contribution in [2.24, 2.45) is 0 Å². The number of ether oxygens (including phenoxy) is 1. The average Bonchev–Trinajstić information content (AvgIpc) is 2.68. The summed E-state index contributed by atoms with van der Waals surface area (Å²) in [5, 5.41) is 2.97. The van der Waals surface area contributed by atoms with Gasteiger partial charge >= 0.3 is 0 Å². The lowest BCUT2D eigenvalue weighted by molar-refractivity contribution is -0.128. The lowest BCUT2D eigenvalue weighted by Crippen LogP contribution is -2.51. The molecule has 2 aromatic carbocycles. The van der Waals surface area contributed by atoms with Gasteiger partial charge in [-0.2, -0.15) is 0 Å². The molecule has 0 bridgehead atoms. The minimum absolute atomic E-state index is 0.0431. The van der Waals surface area contributed by atoms with E-state index in [2.05, 4.69) is 5.32 Å². The van der Waals surface area contributed by atoms with Crippen LogP contribution in [0.2, 0.25) is 0 Å². The van der Waals surface area contributed by atoms with E-state index in [4.69, 9.17) is 4.74 Å². The molecule has 7 heteroatoms. The zero-order valence-electron chi connectivity index (χ0n) is 16.6. The molecule has 1 N–H and O–H groups in total. The van der Waals surface area contributed by atoms with Crippen molar-refractivity contribution in [1.82, 2.24) is 5.32 Å². The molecule has 150 valence electrons. The van der Waals surface area contributed by atoms with Crippen LogP contribution in [-0.4, -0.2) is 32.7 Å². The fourth-order valence-electron chi connectivity index (χ4n) is 3.37. The standard InChI is InChI=1S/C21H26N2O4S/c1-5-28(25,26)23-13-20(27-19-9-7-6-8-18(19)23)21(24)22-16(4)17-12-14(2)10-11-15(17)3/h6-12,16,20H,5,13H2,1-4H3,(H,22,24). The number of fused-ring (bicyclic) bond motifs is 1. The Morgan fingerprint density at radius 2 is 1.96 bits per heavy atom. The molecule has 2 atom stereocenters. The van der Waals surface area contributed by atoms with E-state index in [9.17, 15) is 13.2 Å². The Bertz CT molecular complexity index is 988. The van der Waals surface area contributed by atoms with E-state index in [0.717, 1.165) is 16.7 Å². The number of benzene rings is 2. The van der Waals surface area contributed by atoms with E-state index in [1.165, 1.54) is 4.31 Å². The van der Waals surface area contributed by atoms with Crippen molar-refractivity contribution in [1.29, 1.82) is 0 Å². The third-order valence-electron chi connectivity index (χ3n) is 4.99. The second-order valence-electron chi connectivity index (χ2n) is 7.10. The molecule has 0 radical (unpaired) electrons. The highest BCUT2D eigenvalue weighted by Gasteiger charge is 2.36. The summed E-state index contributed by atoms with van der Waals surface area (Å²) in [6.07, 6.45) is -0.913. The highest BCUT2D eigenvalue weighted by atomic mass is 32.2. The number of hydrogen-bond acceptors (Lipinski definition) is 4. The van der Waals surface area contributed by atoms with Crippen molar-refractivity contribution in [3.8, 4) is 5.75 Å². The highest BCUT2D eigenvalue weighted by molar-refractivity contribution is 7.92. The molecule has 1 aliphatic rings. The van der Waals surface area contributed by atoms with E-state index in [1.54, 1.807) is 31.2 Å². The molecular formula is C21H26N2O4S. The van der Waals surface area contributed by atoms with Gasteiger partial charge in [-0.05, 0) is 51.0 Å². The number of para-hydroxylation sites is 2. The maximum atomic E-state index is 12.9. The van der Waals surface area contributed by atoms with Gasteiger partial charge in [0.15, 0.2) is 6.10 Å². The van der Waals surface area contributed by atoms with Gasteiger partial charge in [-0.3, -0.25) is 9.10 Å². The van der Waals surface area contributed by atoms with Gasteiger partial charge in [-0.25, -0.2) is 8.42 Å². The third-order valence-corrected chi connectivity index (χ3v) is 6.73. The van der Waals surface area contributed by atoms with Crippen molar-refractivity contribution in [2.45, 2.75) is 39.8 Å². The largest absolute Gasteiger partial charge is 0.476 e. The van der Waals surface area contributed by atoms with Gasteiger partial charge in [-0.15, -0.1) is 0 Å². The van der Waals surface area contributed by atoms with Crippen LogP contribution < -0.4 is 14.4 Å². The van der Waals surface area contributed by atoms with Crippen LogP contribution in [0.5, 0.6) is 5.75 Å². The van der Waals surface area contributed by atoms with Crippen LogP contribution in [0.1, 0.15) is 36.6 Å². The molecule has 6 nitrogen and oxygen atoms in total. The number of hydrogen-bond donors (Lipinski definition) is 1. The highest BCUT2D eigenvalue weighted by Crippen LogP contribution is 2.35. The second-order valence-corrected chi connectivity index (χ2v) is 9.28. The van der Waals surface area contributed by atoms with Gasteiger partial charge in [0.2, 0.25) is 10.0 Å². The molecule has 0 saturated carbocycles. The fraction of sp³-hybridized carbons (Fsp3) is 0.381. The van der Waals surface area contributed by atoms with E-state index >= 15 is 0 Å². The molecule has 1 aliphatic heterocycles. The Kier molecular flexibility index (Phi) is 5.65. The molecule has 1 amide bonds. The Balaban J connectivity index is 1.84. The first-order chi connectivity index (χ1) is 13.2. The summed E-state index contributed by atoms with van der Waals surface area (Å²) in [4.78, 5) is 12.9. The van der Waals surface area contributed by atoms with Crippen LogP contribution in [0.4, 0.5) is 5.69 Å². The number of anilines is 1. The first-order valence-electron chi connectivity index (χ1n) is 9.36. The molecule has 0 saturated heterocycles. The molecule has 0 fully saturated rings. The Labute approximate surface area is 166 Å². The van der Waals surface area contributed by atoms with Gasteiger partial charge in [0.25, 0.3) is 5.91 Å². The third kappa shape index (κ3) is 3.99. The lowest BCUT2D eigenvalue weighted by Gasteiger charge is -2.35. The van der Waals surface area contributed by atoms with Crippen molar-refractivity contribution < 1.29 is 17.9 Å². The smallest absolute Gasteiger partial charge is 0.263 e. The average molecular weight is 403 g/mol. The maximum Gasteiger partial charge on any atom is 0.263 e. The van der Waals surface area contributed by atoms with Gasteiger partial charge < -0.3 is 10.1 Å². The number of aryl methyl sites for hydroxylation is 2. The molecule has 28 heavy (non-hydrogen) atoms. The first kappa shape index (κ1) is 20.2. The predicted octanol–water partition coefficient (Wildman–Crippen LogP) is 3.10. The number of carbonyl (C=O) groups is 1. The van der Waals surface area contributed by atoms with Crippen molar-refractivity contribution in [3.63, 3.8) is 0 Å². The second kappa shape index (κ2) is 7.83. The summed E-state index contributed by atoms with van der Waals surface area (Å²) in [5.74, 6) is 0.0127. The van der Waals surface area contributed by atoms with E-state index in [1.807, 2.05) is 39.0 Å². The Hall–Kier alpha value is -2.54. The van der Waals surface area contributed by atoms with Gasteiger partial charge in [0.1, 0.15) is 5.75 Å². The summed E-state index contributed by atoms with van der Waals surface area (Å²) < 4.78 is 32.2. The number of carbonyl (C=O) groups excluding carboxylic acids is 1. The number of nitrogens with one attached hydrogen (secondary N) is 1. The van der Waals surface area contributed by atoms with Gasteiger partial charge in [0, 0.05) is 0 Å². The van der Waals surface area contributed by atoms with Crippen molar-refractivity contribution >= 4 is 21.6 Å². The van der Waals surface area contributed by atoms with Crippen LogP contribution in [0.15, 0.2) is 42.5 Å². The van der Waals surface area contributed by atoms with E-state index in [0.29, 0.717) is 11.4 Å². The monoisotopic (exact) mass is 402 g/mol. The number of sulfonamides is 1. The van der Waals surface area contributed by atoms with E-state index in [-0.39, 0.29) is 24.2 Å². The minimum Gasteiger partial charge on any atom is -0.476 e. The van der Waals surface area contributed by atoms with Gasteiger partial charge in [-0.1, -0.05) is 35.9 Å². The normalized spacial score (nSPS) is 17.4. The zero-order chi connectivity index (χ0) is 20.5. The number of nitrogens with zero attached hydrogens (tertiary/aromatic N) is 1. The molecule has 0 spiro atoms. The Morgan fingerprint density at radius 3 is 2.68 bits per heavy atom. The molecule has 3 rings (SSSR count). The molecule has 1 heterocycles. The Morgan fingerprint density at radius 1 is 1.25 bits per heavy atom. The van der Waals surface area contributed by atoms with Crippen LogP contribution in [0, 0.1) is 13.8 Å². The summed E-state index contributed by atoms with van der Waals surface area (Å²) in [6.45, 7) is 7.47.